The number of amides is 1. The Balaban J connectivity index is 1.64. The first-order chi connectivity index (χ1) is 6.97. The van der Waals surface area contributed by atoms with Crippen LogP contribution in [0.1, 0.15) is 20.8 Å². The SMILES string of the molecule is CC(C)(C)OC(=O)NC[C@@H]1C2CNC[C@H]21. The fraction of sp³-hybridized carbons (Fsp3) is 0.909. The van der Waals surface area contributed by atoms with Gasteiger partial charge in [0.15, 0.2) is 0 Å². The minimum atomic E-state index is -0.398. The summed E-state index contributed by atoms with van der Waals surface area (Å²) < 4.78 is 5.17. The van der Waals surface area contributed by atoms with Crippen molar-refractivity contribution in [2.75, 3.05) is 19.6 Å². The molecule has 0 radical (unpaired) electrons. The van der Waals surface area contributed by atoms with Gasteiger partial charge >= 0.3 is 6.09 Å². The van der Waals surface area contributed by atoms with E-state index in [1.165, 1.54) is 0 Å². The minimum Gasteiger partial charge on any atom is -0.444 e. The summed E-state index contributed by atoms with van der Waals surface area (Å²) in [6, 6.07) is 0. The first kappa shape index (κ1) is 10.7. The Kier molecular flexibility index (Phi) is 2.63. The van der Waals surface area contributed by atoms with E-state index in [1.807, 2.05) is 20.8 Å². The summed E-state index contributed by atoms with van der Waals surface area (Å²) in [5.74, 6) is 2.26. The second kappa shape index (κ2) is 3.67. The van der Waals surface area contributed by atoms with Gasteiger partial charge in [0.05, 0.1) is 0 Å². The molecule has 2 aliphatic rings. The lowest BCUT2D eigenvalue weighted by molar-refractivity contribution is 0.0523. The Labute approximate surface area is 90.8 Å². The highest BCUT2D eigenvalue weighted by Crippen LogP contribution is 2.47. The zero-order valence-electron chi connectivity index (χ0n) is 9.67. The number of hydrogen-bond acceptors (Lipinski definition) is 3. The van der Waals surface area contributed by atoms with E-state index < -0.39 is 5.60 Å². The third-order valence-electron chi connectivity index (χ3n) is 3.15. The van der Waals surface area contributed by atoms with E-state index in [0.717, 1.165) is 31.5 Å². The molecule has 1 unspecified atom stereocenters. The molecule has 86 valence electrons. The zero-order valence-corrected chi connectivity index (χ0v) is 9.67. The molecule has 1 saturated carbocycles. The Morgan fingerprint density at radius 2 is 2.00 bits per heavy atom. The van der Waals surface area contributed by atoms with E-state index in [9.17, 15) is 4.79 Å². The maximum absolute atomic E-state index is 11.4. The molecule has 4 heteroatoms. The number of alkyl carbamates (subject to hydrolysis) is 1. The van der Waals surface area contributed by atoms with Crippen LogP contribution in [0.3, 0.4) is 0 Å². The number of ether oxygens (including phenoxy) is 1. The van der Waals surface area contributed by atoms with Gasteiger partial charge in [-0.1, -0.05) is 0 Å². The van der Waals surface area contributed by atoms with Gasteiger partial charge in [0.25, 0.3) is 0 Å². The topological polar surface area (TPSA) is 50.4 Å². The maximum Gasteiger partial charge on any atom is 0.407 e. The van der Waals surface area contributed by atoms with Crippen molar-refractivity contribution in [1.29, 1.82) is 0 Å². The molecule has 0 bridgehead atoms. The average Bonchev–Trinajstić information content (AvgIpc) is 2.55. The van der Waals surface area contributed by atoms with Crippen LogP contribution in [0.25, 0.3) is 0 Å². The Morgan fingerprint density at radius 1 is 1.40 bits per heavy atom. The second-order valence-electron chi connectivity index (χ2n) is 5.53. The predicted molar refractivity (Wildman–Crippen MR) is 57.6 cm³/mol. The van der Waals surface area contributed by atoms with Crippen LogP contribution in [0.5, 0.6) is 0 Å². The second-order valence-corrected chi connectivity index (χ2v) is 5.53. The molecule has 2 rings (SSSR count). The largest absolute Gasteiger partial charge is 0.444 e. The lowest BCUT2D eigenvalue weighted by atomic mass is 10.2. The van der Waals surface area contributed by atoms with Crippen LogP contribution in [0, 0.1) is 17.8 Å². The van der Waals surface area contributed by atoms with E-state index in [0.29, 0.717) is 5.92 Å². The van der Waals surface area contributed by atoms with Crippen LogP contribution in [-0.2, 0) is 4.74 Å². The average molecular weight is 212 g/mol. The summed E-state index contributed by atoms with van der Waals surface area (Å²) in [6.07, 6.45) is -0.291. The molecular weight excluding hydrogens is 192 g/mol. The molecule has 0 spiro atoms. The van der Waals surface area contributed by atoms with Gasteiger partial charge in [0.1, 0.15) is 5.60 Å². The highest BCUT2D eigenvalue weighted by atomic mass is 16.6. The smallest absolute Gasteiger partial charge is 0.407 e. The van der Waals surface area contributed by atoms with Gasteiger partial charge in [-0.05, 0) is 51.6 Å². The Hall–Kier alpha value is -0.770. The van der Waals surface area contributed by atoms with Crippen molar-refractivity contribution in [2.45, 2.75) is 26.4 Å². The summed E-state index contributed by atoms with van der Waals surface area (Å²) in [4.78, 5) is 11.4. The Bertz CT molecular complexity index is 250. The molecule has 2 fully saturated rings. The standard InChI is InChI=1S/C11H20N2O2/c1-11(2,3)15-10(14)13-6-9-7-4-12-5-8(7)9/h7-9,12H,4-6H2,1-3H3,(H,13,14)/t7-,8?,9+/m1/s1. The molecule has 1 heterocycles. The van der Waals surface area contributed by atoms with Crippen molar-refractivity contribution in [1.82, 2.24) is 10.6 Å². The zero-order chi connectivity index (χ0) is 11.1. The lowest BCUT2D eigenvalue weighted by Gasteiger charge is -2.19. The Morgan fingerprint density at radius 3 is 2.53 bits per heavy atom. The van der Waals surface area contributed by atoms with Gasteiger partial charge in [0, 0.05) is 6.54 Å². The minimum absolute atomic E-state index is 0.291. The summed E-state index contributed by atoms with van der Waals surface area (Å²) in [7, 11) is 0. The third kappa shape index (κ3) is 2.62. The van der Waals surface area contributed by atoms with E-state index in [2.05, 4.69) is 10.6 Å². The first-order valence-corrected chi connectivity index (χ1v) is 5.65. The molecule has 4 nitrogen and oxygen atoms in total. The van der Waals surface area contributed by atoms with Crippen molar-refractivity contribution >= 4 is 6.09 Å². The molecule has 1 amide bonds. The number of rotatable bonds is 2. The fourth-order valence-electron chi connectivity index (χ4n) is 2.36. The van der Waals surface area contributed by atoms with Gasteiger partial charge in [0.2, 0.25) is 0 Å². The van der Waals surface area contributed by atoms with Crippen molar-refractivity contribution in [3.8, 4) is 0 Å². The van der Waals surface area contributed by atoms with Crippen molar-refractivity contribution in [2.24, 2.45) is 17.8 Å². The third-order valence-corrected chi connectivity index (χ3v) is 3.15. The van der Waals surface area contributed by atoms with Gasteiger partial charge in [-0.2, -0.15) is 0 Å². The van der Waals surface area contributed by atoms with Gasteiger partial charge in [-0.25, -0.2) is 4.79 Å². The summed E-state index contributed by atoms with van der Waals surface area (Å²) >= 11 is 0. The van der Waals surface area contributed by atoms with E-state index in [1.54, 1.807) is 0 Å². The molecule has 3 atom stereocenters. The van der Waals surface area contributed by atoms with E-state index in [4.69, 9.17) is 4.74 Å². The number of hydrogen-bond donors (Lipinski definition) is 2. The molecule has 15 heavy (non-hydrogen) atoms. The highest BCUT2D eigenvalue weighted by molar-refractivity contribution is 5.67. The number of nitrogens with one attached hydrogen (secondary N) is 2. The van der Waals surface area contributed by atoms with Crippen LogP contribution in [0.15, 0.2) is 0 Å². The van der Waals surface area contributed by atoms with Gasteiger partial charge in [-0.3, -0.25) is 0 Å². The van der Waals surface area contributed by atoms with Gasteiger partial charge in [-0.15, -0.1) is 0 Å². The van der Waals surface area contributed by atoms with Crippen molar-refractivity contribution in [3.05, 3.63) is 0 Å². The molecule has 0 aromatic heterocycles. The van der Waals surface area contributed by atoms with Crippen molar-refractivity contribution < 1.29 is 9.53 Å². The highest BCUT2D eigenvalue weighted by Gasteiger charge is 2.52. The summed E-state index contributed by atoms with van der Waals surface area (Å²) in [5, 5.41) is 6.17. The summed E-state index contributed by atoms with van der Waals surface area (Å²) in [6.45, 7) is 8.63. The molecule has 2 N–H and O–H groups in total. The summed E-state index contributed by atoms with van der Waals surface area (Å²) in [5.41, 5.74) is -0.398. The predicted octanol–water partition coefficient (Wildman–Crippen LogP) is 0.976. The molecule has 0 aromatic rings. The van der Waals surface area contributed by atoms with Crippen LogP contribution in [0.2, 0.25) is 0 Å². The molecular formula is C11H20N2O2. The lowest BCUT2D eigenvalue weighted by Crippen LogP contribution is -2.34. The molecule has 1 saturated heterocycles. The molecule has 1 aliphatic heterocycles. The monoisotopic (exact) mass is 212 g/mol. The first-order valence-electron chi connectivity index (χ1n) is 5.65. The van der Waals surface area contributed by atoms with Crippen LogP contribution in [-0.4, -0.2) is 31.3 Å². The quantitative estimate of drug-likeness (QED) is 0.717. The van der Waals surface area contributed by atoms with Gasteiger partial charge < -0.3 is 15.4 Å². The fourth-order valence-corrected chi connectivity index (χ4v) is 2.36. The normalized spacial score (nSPS) is 33.4. The number of carbonyl (C=O) groups excluding carboxylic acids is 1. The number of fused-ring (bicyclic) bond motifs is 1. The number of carbonyl (C=O) groups is 1. The van der Waals surface area contributed by atoms with Crippen molar-refractivity contribution in [3.63, 3.8) is 0 Å². The van der Waals surface area contributed by atoms with E-state index in [-0.39, 0.29) is 6.09 Å². The van der Waals surface area contributed by atoms with Crippen LogP contribution < -0.4 is 10.6 Å². The van der Waals surface area contributed by atoms with Crippen LogP contribution >= 0.6 is 0 Å². The molecule has 0 aromatic carbocycles. The van der Waals surface area contributed by atoms with Crippen LogP contribution in [0.4, 0.5) is 4.79 Å². The number of piperidine rings is 1. The molecule has 1 aliphatic carbocycles. The maximum atomic E-state index is 11.4. The van der Waals surface area contributed by atoms with E-state index >= 15 is 0 Å².